The predicted octanol–water partition coefficient (Wildman–Crippen LogP) is 3.41. The lowest BCUT2D eigenvalue weighted by atomic mass is 10.2. The molecule has 8 heteroatoms. The van der Waals surface area contributed by atoms with Crippen LogP contribution in [0.15, 0.2) is 57.9 Å². The Labute approximate surface area is 174 Å². The van der Waals surface area contributed by atoms with E-state index in [0.717, 1.165) is 14.9 Å². The number of halogens is 1. The minimum absolute atomic E-state index is 0.0477. The molecule has 0 aliphatic carbocycles. The van der Waals surface area contributed by atoms with E-state index >= 15 is 0 Å². The van der Waals surface area contributed by atoms with E-state index in [1.165, 1.54) is 33.0 Å². The third-order valence-corrected chi connectivity index (χ3v) is 7.31. The van der Waals surface area contributed by atoms with Gasteiger partial charge in [-0.1, -0.05) is 33.6 Å². The largest absolute Gasteiger partial charge is 0.335 e. The number of hydrogen-bond donors (Lipinski definition) is 1. The Morgan fingerprint density at radius 2 is 1.57 bits per heavy atom. The first-order chi connectivity index (χ1) is 12.9. The SMILES string of the molecule is Cc1ccc(NC(=O)CN(C)C(=O)C(C)(C)S(=O)(=O)c2ccc(Br)cc2)cc1. The van der Waals surface area contributed by atoms with E-state index in [2.05, 4.69) is 21.2 Å². The van der Waals surface area contributed by atoms with Crippen molar-refractivity contribution in [2.45, 2.75) is 30.4 Å². The number of sulfone groups is 1. The average Bonchev–Trinajstić information content (AvgIpc) is 2.63. The van der Waals surface area contributed by atoms with Crippen molar-refractivity contribution in [3.8, 4) is 0 Å². The number of hydrogen-bond acceptors (Lipinski definition) is 4. The van der Waals surface area contributed by atoms with E-state index in [9.17, 15) is 18.0 Å². The van der Waals surface area contributed by atoms with Crippen molar-refractivity contribution in [2.75, 3.05) is 18.9 Å². The van der Waals surface area contributed by atoms with Gasteiger partial charge >= 0.3 is 0 Å². The van der Waals surface area contributed by atoms with Crippen LogP contribution in [-0.2, 0) is 19.4 Å². The second kappa shape index (κ2) is 8.45. The summed E-state index contributed by atoms with van der Waals surface area (Å²) in [5, 5.41) is 2.70. The van der Waals surface area contributed by atoms with Crippen molar-refractivity contribution in [1.82, 2.24) is 4.90 Å². The molecule has 0 unspecified atom stereocenters. The number of nitrogens with zero attached hydrogens (tertiary/aromatic N) is 1. The predicted molar refractivity (Wildman–Crippen MR) is 113 cm³/mol. The van der Waals surface area contributed by atoms with Gasteiger partial charge in [-0.3, -0.25) is 9.59 Å². The zero-order valence-corrected chi connectivity index (χ0v) is 18.6. The van der Waals surface area contributed by atoms with E-state index in [-0.39, 0.29) is 11.4 Å². The molecular weight excluding hydrogens is 444 g/mol. The Hall–Kier alpha value is -2.19. The summed E-state index contributed by atoms with van der Waals surface area (Å²) in [6.45, 7) is 4.38. The lowest BCUT2D eigenvalue weighted by Gasteiger charge is -2.29. The zero-order valence-electron chi connectivity index (χ0n) is 16.2. The fraction of sp³-hybridized carbons (Fsp3) is 0.300. The number of anilines is 1. The summed E-state index contributed by atoms with van der Waals surface area (Å²) in [6, 6.07) is 13.3. The molecule has 0 atom stereocenters. The summed E-state index contributed by atoms with van der Waals surface area (Å²) < 4.78 is 24.9. The van der Waals surface area contributed by atoms with Crippen molar-refractivity contribution in [2.24, 2.45) is 0 Å². The topological polar surface area (TPSA) is 83.6 Å². The normalized spacial score (nSPS) is 11.8. The van der Waals surface area contributed by atoms with Crippen molar-refractivity contribution in [3.63, 3.8) is 0 Å². The molecule has 0 spiro atoms. The Balaban J connectivity index is 2.12. The number of nitrogens with one attached hydrogen (secondary N) is 1. The highest BCUT2D eigenvalue weighted by molar-refractivity contribution is 9.10. The molecular formula is C20H23BrN2O4S. The highest BCUT2D eigenvalue weighted by Gasteiger charge is 2.44. The van der Waals surface area contributed by atoms with E-state index in [1.54, 1.807) is 24.3 Å². The lowest BCUT2D eigenvalue weighted by molar-refractivity contribution is -0.134. The Bertz CT molecular complexity index is 968. The van der Waals surface area contributed by atoms with Gasteiger partial charge in [-0.15, -0.1) is 0 Å². The summed E-state index contributed by atoms with van der Waals surface area (Å²) in [5.41, 5.74) is 1.67. The lowest BCUT2D eigenvalue weighted by Crippen LogP contribution is -2.50. The van der Waals surface area contributed by atoms with Gasteiger partial charge in [0, 0.05) is 17.2 Å². The van der Waals surface area contributed by atoms with Gasteiger partial charge < -0.3 is 10.2 Å². The quantitative estimate of drug-likeness (QED) is 0.706. The van der Waals surface area contributed by atoms with E-state index in [0.29, 0.717) is 5.69 Å². The number of likely N-dealkylation sites (N-methyl/N-ethyl adjacent to an activating group) is 1. The molecule has 0 saturated heterocycles. The first-order valence-corrected chi connectivity index (χ1v) is 10.8. The molecule has 0 aliphatic heterocycles. The van der Waals surface area contributed by atoms with E-state index < -0.39 is 26.4 Å². The molecule has 0 fully saturated rings. The summed E-state index contributed by atoms with van der Waals surface area (Å²) in [5.74, 6) is -1.06. The van der Waals surface area contributed by atoms with Gasteiger partial charge in [-0.25, -0.2) is 8.42 Å². The number of carbonyl (C=O) groups is 2. The maximum Gasteiger partial charge on any atom is 0.244 e. The Morgan fingerprint density at radius 3 is 2.11 bits per heavy atom. The van der Waals surface area contributed by atoms with E-state index in [4.69, 9.17) is 0 Å². The molecule has 6 nitrogen and oxygen atoms in total. The van der Waals surface area contributed by atoms with Crippen molar-refractivity contribution >= 4 is 43.3 Å². The van der Waals surface area contributed by atoms with Crippen LogP contribution in [-0.4, -0.2) is 43.5 Å². The maximum absolute atomic E-state index is 13.0. The molecule has 150 valence electrons. The molecule has 0 heterocycles. The highest BCUT2D eigenvalue weighted by atomic mass is 79.9. The van der Waals surface area contributed by atoms with Crippen LogP contribution in [0, 0.1) is 6.92 Å². The van der Waals surface area contributed by atoms with Gasteiger partial charge in [0.05, 0.1) is 11.4 Å². The molecule has 2 aromatic carbocycles. The third kappa shape index (κ3) is 4.80. The molecule has 1 N–H and O–H groups in total. The number of benzene rings is 2. The second-order valence-corrected chi connectivity index (χ2v) is 10.5. The van der Waals surface area contributed by atoms with E-state index in [1.807, 2.05) is 19.1 Å². The standard InChI is InChI=1S/C20H23BrN2O4S/c1-14-5-9-16(10-6-14)22-18(24)13-23(4)19(25)20(2,3)28(26,27)17-11-7-15(21)8-12-17/h5-12H,13H2,1-4H3,(H,22,24). The molecule has 0 saturated carbocycles. The van der Waals surface area contributed by atoms with Gasteiger partial charge in [-0.2, -0.15) is 0 Å². The van der Waals surface area contributed by atoms with Crippen LogP contribution in [0.25, 0.3) is 0 Å². The van der Waals surface area contributed by atoms with Gasteiger partial charge in [0.25, 0.3) is 0 Å². The summed E-state index contributed by atoms with van der Waals surface area (Å²) in [7, 11) is -2.53. The average molecular weight is 467 g/mol. The molecule has 2 amide bonds. The van der Waals surface area contributed by atoms with Gasteiger partial charge in [-0.05, 0) is 57.2 Å². The number of rotatable bonds is 6. The first kappa shape index (κ1) is 22.1. The van der Waals surface area contributed by atoms with Gasteiger partial charge in [0.1, 0.15) is 4.75 Å². The van der Waals surface area contributed by atoms with Crippen molar-refractivity contribution < 1.29 is 18.0 Å². The third-order valence-electron chi connectivity index (χ3n) is 4.37. The fourth-order valence-electron chi connectivity index (χ4n) is 2.61. The smallest absolute Gasteiger partial charge is 0.244 e. The number of aryl methyl sites for hydroxylation is 1. The molecule has 0 aromatic heterocycles. The van der Waals surface area contributed by atoms with Gasteiger partial charge in [0.2, 0.25) is 11.8 Å². The molecule has 0 aliphatic rings. The van der Waals surface area contributed by atoms with Crippen LogP contribution >= 0.6 is 15.9 Å². The van der Waals surface area contributed by atoms with Gasteiger partial charge in [0.15, 0.2) is 9.84 Å². The first-order valence-electron chi connectivity index (χ1n) is 8.57. The number of carbonyl (C=O) groups excluding carboxylic acids is 2. The van der Waals surface area contributed by atoms with Crippen LogP contribution < -0.4 is 5.32 Å². The van der Waals surface area contributed by atoms with Crippen LogP contribution in [0.3, 0.4) is 0 Å². The van der Waals surface area contributed by atoms with Crippen LogP contribution in [0.1, 0.15) is 19.4 Å². The fourth-order valence-corrected chi connectivity index (χ4v) is 4.34. The minimum atomic E-state index is -3.94. The molecule has 0 bridgehead atoms. The number of amides is 2. The zero-order chi connectivity index (χ0) is 21.1. The minimum Gasteiger partial charge on any atom is -0.335 e. The molecule has 28 heavy (non-hydrogen) atoms. The van der Waals surface area contributed by atoms with Crippen LogP contribution in [0.2, 0.25) is 0 Å². The maximum atomic E-state index is 13.0. The van der Waals surface area contributed by atoms with Crippen LogP contribution in [0.5, 0.6) is 0 Å². The Morgan fingerprint density at radius 1 is 1.04 bits per heavy atom. The monoisotopic (exact) mass is 466 g/mol. The summed E-state index contributed by atoms with van der Waals surface area (Å²) in [6.07, 6.45) is 0. The van der Waals surface area contributed by atoms with Crippen LogP contribution in [0.4, 0.5) is 5.69 Å². The van der Waals surface area contributed by atoms with Crippen molar-refractivity contribution in [3.05, 3.63) is 58.6 Å². The molecule has 2 aromatic rings. The molecule has 0 radical (unpaired) electrons. The molecule has 2 rings (SSSR count). The highest BCUT2D eigenvalue weighted by Crippen LogP contribution is 2.28. The summed E-state index contributed by atoms with van der Waals surface area (Å²) in [4.78, 5) is 26.3. The second-order valence-electron chi connectivity index (χ2n) is 7.04. The Kier molecular flexibility index (Phi) is 6.67. The van der Waals surface area contributed by atoms with Crippen molar-refractivity contribution in [1.29, 1.82) is 0 Å². The summed E-state index contributed by atoms with van der Waals surface area (Å²) >= 11 is 3.26.